The van der Waals surface area contributed by atoms with E-state index in [2.05, 4.69) is 20.3 Å². The molecule has 0 unspecified atom stereocenters. The molecule has 0 aliphatic heterocycles. The average Bonchev–Trinajstić information content (AvgIpc) is 2.78. The number of nitrogens with two attached hydrogens (primary N) is 2. The molecule has 13 heteroatoms. The highest BCUT2D eigenvalue weighted by Crippen LogP contribution is 2.22. The first-order chi connectivity index (χ1) is 16.2. The molecule has 0 spiro atoms. The van der Waals surface area contributed by atoms with Gasteiger partial charge in [-0.3, -0.25) is 24.3 Å². The first-order valence-corrected chi connectivity index (χ1v) is 9.79. The summed E-state index contributed by atoms with van der Waals surface area (Å²) < 4.78 is 14.8. The van der Waals surface area contributed by atoms with Crippen molar-refractivity contribution in [3.8, 4) is 0 Å². The number of aliphatic carboxylic acids is 1. The Bertz CT molecular complexity index is 1280. The van der Waals surface area contributed by atoms with Gasteiger partial charge in [0.05, 0.1) is 23.9 Å². The molecule has 1 aromatic carbocycles. The molecule has 0 saturated heterocycles. The molecule has 7 N–H and O–H groups in total. The van der Waals surface area contributed by atoms with E-state index in [1.807, 2.05) is 0 Å². The number of amides is 2. The minimum Gasteiger partial charge on any atom is -0.480 e. The lowest BCUT2D eigenvalue weighted by Gasteiger charge is -2.24. The van der Waals surface area contributed by atoms with E-state index in [-0.39, 0.29) is 35.8 Å². The molecule has 0 bridgehead atoms. The van der Waals surface area contributed by atoms with Gasteiger partial charge in [0.15, 0.2) is 11.6 Å². The number of nitrogens with one attached hydrogen (secondary N) is 2. The lowest BCUT2D eigenvalue weighted by molar-refractivity contribution is -0.139. The topological polar surface area (TPSA) is 197 Å². The quantitative estimate of drug-likeness (QED) is 0.274. The molecule has 3 rings (SSSR count). The number of rotatable bonds is 9. The molecule has 2 aromatic heterocycles. The number of carbonyl (C=O) groups is 3. The van der Waals surface area contributed by atoms with Crippen molar-refractivity contribution in [2.24, 2.45) is 0 Å². The summed E-state index contributed by atoms with van der Waals surface area (Å²) in [6, 6.07) is 7.96. The maximum absolute atomic E-state index is 14.8. The number of carboxylic acid groups (broad SMARTS) is 1. The number of nitrogen functional groups attached to an aromatic ring is 2. The lowest BCUT2D eigenvalue weighted by Crippen LogP contribution is -2.43. The van der Waals surface area contributed by atoms with Crippen molar-refractivity contribution in [3.05, 3.63) is 69.9 Å². The number of pyridine rings is 1. The van der Waals surface area contributed by atoms with Crippen LogP contribution in [0, 0.1) is 5.82 Å². The van der Waals surface area contributed by atoms with Gasteiger partial charge in [-0.25, -0.2) is 14.2 Å². The van der Waals surface area contributed by atoms with Crippen LogP contribution in [0.25, 0.3) is 0 Å². The van der Waals surface area contributed by atoms with Gasteiger partial charge in [-0.15, -0.1) is 0 Å². The van der Waals surface area contributed by atoms with Gasteiger partial charge in [0.25, 0.3) is 5.56 Å². The summed E-state index contributed by atoms with van der Waals surface area (Å²) in [6.45, 7) is 0. The van der Waals surface area contributed by atoms with Gasteiger partial charge in [-0.1, -0.05) is 30.3 Å². The van der Waals surface area contributed by atoms with Crippen molar-refractivity contribution in [2.45, 2.75) is 18.9 Å². The third-order valence-corrected chi connectivity index (χ3v) is 4.76. The van der Waals surface area contributed by atoms with Crippen LogP contribution in [0.1, 0.15) is 11.1 Å². The number of anilines is 4. The third kappa shape index (κ3) is 5.51. The summed E-state index contributed by atoms with van der Waals surface area (Å²) in [5.41, 5.74) is 10.7. The number of carbonyl (C=O) groups excluding carboxylic acids is 2. The smallest absolute Gasteiger partial charge is 0.327 e. The van der Waals surface area contributed by atoms with Crippen LogP contribution < -0.4 is 27.2 Å². The second-order valence-corrected chi connectivity index (χ2v) is 7.13. The number of nitrogens with zero attached hydrogens (tertiary/aromatic N) is 3. The number of benzene rings is 1. The predicted octanol–water partition coefficient (Wildman–Crippen LogP) is 0.308. The molecule has 176 valence electrons. The fourth-order valence-corrected chi connectivity index (χ4v) is 3.17. The van der Waals surface area contributed by atoms with Crippen LogP contribution in [-0.2, 0) is 27.2 Å². The molecular formula is C21H20FN7O5. The summed E-state index contributed by atoms with van der Waals surface area (Å²) in [5, 5.41) is 11.9. The number of aromatic nitrogens is 3. The molecular weight excluding hydrogens is 449 g/mol. The molecule has 1 atom stereocenters. The summed E-state index contributed by atoms with van der Waals surface area (Å²) in [4.78, 5) is 58.0. The number of aromatic amines is 1. The predicted molar refractivity (Wildman–Crippen MR) is 120 cm³/mol. The molecule has 2 amide bonds. The van der Waals surface area contributed by atoms with Crippen LogP contribution in [0.15, 0.2) is 47.4 Å². The van der Waals surface area contributed by atoms with Crippen molar-refractivity contribution >= 4 is 41.6 Å². The number of carboxylic acids is 1. The van der Waals surface area contributed by atoms with Crippen LogP contribution in [0.2, 0.25) is 0 Å². The van der Waals surface area contributed by atoms with Gasteiger partial charge < -0.3 is 21.9 Å². The first kappa shape index (κ1) is 23.8. The minimum absolute atomic E-state index is 0.0832. The fraction of sp³-hybridized carbons (Fsp3) is 0.143. The Morgan fingerprint density at radius 3 is 2.56 bits per heavy atom. The Balaban J connectivity index is 1.79. The van der Waals surface area contributed by atoms with Gasteiger partial charge in [-0.05, 0) is 5.56 Å². The highest BCUT2D eigenvalue weighted by Gasteiger charge is 2.29. The maximum atomic E-state index is 14.8. The summed E-state index contributed by atoms with van der Waals surface area (Å²) in [6.07, 6.45) is 0.661. The molecule has 0 fully saturated rings. The zero-order valence-corrected chi connectivity index (χ0v) is 17.6. The molecule has 34 heavy (non-hydrogen) atoms. The van der Waals surface area contributed by atoms with Gasteiger partial charge >= 0.3 is 5.97 Å². The Labute approximate surface area is 191 Å². The molecule has 0 radical (unpaired) electrons. The summed E-state index contributed by atoms with van der Waals surface area (Å²) in [5.74, 6) is -4.08. The number of H-pyrrole nitrogens is 1. The van der Waals surface area contributed by atoms with E-state index < -0.39 is 41.5 Å². The van der Waals surface area contributed by atoms with Crippen LogP contribution in [0.3, 0.4) is 0 Å². The molecule has 0 saturated carbocycles. The number of halogens is 1. The number of hydrogen-bond acceptors (Lipinski definition) is 8. The van der Waals surface area contributed by atoms with Crippen LogP contribution in [-0.4, -0.2) is 44.4 Å². The molecule has 12 nitrogen and oxygen atoms in total. The highest BCUT2D eigenvalue weighted by molar-refractivity contribution is 5.93. The van der Waals surface area contributed by atoms with Crippen molar-refractivity contribution in [1.29, 1.82) is 0 Å². The Morgan fingerprint density at radius 1 is 1.26 bits per heavy atom. The van der Waals surface area contributed by atoms with Gasteiger partial charge in [0.2, 0.25) is 18.3 Å². The monoisotopic (exact) mass is 469 g/mol. The normalized spacial score (nSPS) is 11.4. The standard InChI is InChI=1S/C21H20FN7O5/c22-14-7-12(26-16(31)8-13-17(23)27-21(24)28-19(13)32)9-25-18(14)29(10-30)15(20(33)34)6-11-4-2-1-3-5-11/h1-5,7,9-10,15H,6,8H2,(H,26,31)(H,33,34)(H5,23,24,27,28,32)/t15-/m0/s1. The molecule has 2 heterocycles. The second-order valence-electron chi connectivity index (χ2n) is 7.13. The van der Waals surface area contributed by atoms with E-state index in [4.69, 9.17) is 11.5 Å². The molecule has 0 aliphatic carbocycles. The minimum atomic E-state index is -1.42. The van der Waals surface area contributed by atoms with E-state index in [1.54, 1.807) is 30.3 Å². The summed E-state index contributed by atoms with van der Waals surface area (Å²) >= 11 is 0. The highest BCUT2D eigenvalue weighted by atomic mass is 19.1. The zero-order valence-electron chi connectivity index (χ0n) is 17.6. The first-order valence-electron chi connectivity index (χ1n) is 9.79. The fourth-order valence-electron chi connectivity index (χ4n) is 3.17. The van der Waals surface area contributed by atoms with Crippen LogP contribution in [0.5, 0.6) is 0 Å². The number of hydrogen-bond donors (Lipinski definition) is 5. The van der Waals surface area contributed by atoms with Crippen molar-refractivity contribution < 1.29 is 23.9 Å². The SMILES string of the molecule is Nc1nc(N)c(CC(=O)Nc2cnc(N(C=O)[C@@H](Cc3ccccc3)C(=O)O)c(F)c2)c(=O)[nH]1. The van der Waals surface area contributed by atoms with Crippen molar-refractivity contribution in [2.75, 3.05) is 21.7 Å². The average molecular weight is 469 g/mol. The molecule has 3 aromatic rings. The molecule has 0 aliphatic rings. The lowest BCUT2D eigenvalue weighted by atomic mass is 10.0. The van der Waals surface area contributed by atoms with E-state index >= 15 is 0 Å². The van der Waals surface area contributed by atoms with E-state index in [1.165, 1.54) is 0 Å². The van der Waals surface area contributed by atoms with E-state index in [0.29, 0.717) is 10.5 Å². The van der Waals surface area contributed by atoms with Gasteiger partial charge in [0, 0.05) is 12.5 Å². The second kappa shape index (κ2) is 10.2. The van der Waals surface area contributed by atoms with Crippen molar-refractivity contribution in [1.82, 2.24) is 15.0 Å². The largest absolute Gasteiger partial charge is 0.480 e. The Morgan fingerprint density at radius 2 is 1.97 bits per heavy atom. The van der Waals surface area contributed by atoms with Gasteiger partial charge in [-0.2, -0.15) is 4.98 Å². The van der Waals surface area contributed by atoms with Gasteiger partial charge in [0.1, 0.15) is 11.9 Å². The third-order valence-electron chi connectivity index (χ3n) is 4.76. The summed E-state index contributed by atoms with van der Waals surface area (Å²) in [7, 11) is 0. The van der Waals surface area contributed by atoms with Crippen molar-refractivity contribution in [3.63, 3.8) is 0 Å². The van der Waals surface area contributed by atoms with Crippen LogP contribution in [0.4, 0.5) is 27.7 Å². The maximum Gasteiger partial charge on any atom is 0.327 e. The van der Waals surface area contributed by atoms with E-state index in [0.717, 1.165) is 12.3 Å². The zero-order chi connectivity index (χ0) is 24.8. The van der Waals surface area contributed by atoms with Crippen LogP contribution >= 0.6 is 0 Å². The van der Waals surface area contributed by atoms with E-state index in [9.17, 15) is 28.7 Å². The Hall–Kier alpha value is -4.81. The Kier molecular flexibility index (Phi) is 7.16.